The Labute approximate surface area is 183 Å². The average Bonchev–Trinajstić information content (AvgIpc) is 3.29. The molecule has 2 aromatic heterocycles. The molecule has 2 heterocycles. The Morgan fingerprint density at radius 2 is 1.87 bits per heavy atom. The minimum absolute atomic E-state index is 0.272. The SMILES string of the molecule is COc1cc(NC(=O)c2cc3c(C)nn(-c4ccccc4)c3s2)ccc1NS(C)(=O)=O. The topological polar surface area (TPSA) is 102 Å². The number of para-hydroxylation sites is 1. The number of aryl methyl sites for hydroxylation is 1. The van der Waals surface area contributed by atoms with Crippen LogP contribution in [0.3, 0.4) is 0 Å². The van der Waals surface area contributed by atoms with Crippen LogP contribution in [0.2, 0.25) is 0 Å². The molecule has 0 aliphatic rings. The summed E-state index contributed by atoms with van der Waals surface area (Å²) in [5, 5.41) is 8.35. The van der Waals surface area contributed by atoms with Crippen LogP contribution < -0.4 is 14.8 Å². The number of carbonyl (C=O) groups excluding carboxylic acids is 1. The quantitative estimate of drug-likeness (QED) is 0.456. The molecule has 2 N–H and O–H groups in total. The third-order valence-corrected chi connectivity index (χ3v) is 6.22. The zero-order valence-electron chi connectivity index (χ0n) is 17.0. The summed E-state index contributed by atoms with van der Waals surface area (Å²) in [6.07, 6.45) is 1.06. The normalized spacial score (nSPS) is 11.5. The second-order valence-corrected chi connectivity index (χ2v) is 9.68. The van der Waals surface area contributed by atoms with Gasteiger partial charge < -0.3 is 10.1 Å². The number of ether oxygens (including phenoxy) is 1. The van der Waals surface area contributed by atoms with Gasteiger partial charge in [0.2, 0.25) is 10.0 Å². The Hall–Kier alpha value is -3.37. The van der Waals surface area contributed by atoms with Crippen molar-refractivity contribution in [2.45, 2.75) is 6.92 Å². The minimum Gasteiger partial charge on any atom is -0.494 e. The highest BCUT2D eigenvalue weighted by molar-refractivity contribution is 7.92. The molecule has 160 valence electrons. The molecule has 10 heteroatoms. The summed E-state index contributed by atoms with van der Waals surface area (Å²) in [5.41, 5.74) is 2.54. The summed E-state index contributed by atoms with van der Waals surface area (Å²) < 4.78 is 32.4. The fourth-order valence-corrected chi connectivity index (χ4v) is 4.80. The van der Waals surface area contributed by atoms with Crippen molar-refractivity contribution in [1.29, 1.82) is 0 Å². The second-order valence-electron chi connectivity index (χ2n) is 6.91. The first-order valence-corrected chi connectivity index (χ1v) is 12.0. The minimum atomic E-state index is -3.45. The van der Waals surface area contributed by atoms with Crippen LogP contribution in [0.5, 0.6) is 5.75 Å². The molecule has 4 aromatic rings. The molecule has 2 aromatic carbocycles. The lowest BCUT2D eigenvalue weighted by Crippen LogP contribution is -2.12. The number of amides is 1. The number of thiophene rings is 1. The van der Waals surface area contributed by atoms with Gasteiger partial charge >= 0.3 is 0 Å². The first-order valence-electron chi connectivity index (χ1n) is 9.27. The van der Waals surface area contributed by atoms with Gasteiger partial charge in [0.05, 0.1) is 35.3 Å². The second kappa shape index (κ2) is 8.05. The van der Waals surface area contributed by atoms with Crippen LogP contribution in [0.25, 0.3) is 15.9 Å². The van der Waals surface area contributed by atoms with Crippen LogP contribution in [0.15, 0.2) is 54.6 Å². The number of anilines is 2. The molecule has 0 aliphatic carbocycles. The molecule has 8 nitrogen and oxygen atoms in total. The number of aromatic nitrogens is 2. The van der Waals surface area contributed by atoms with Gasteiger partial charge in [-0.25, -0.2) is 13.1 Å². The largest absolute Gasteiger partial charge is 0.494 e. The zero-order valence-corrected chi connectivity index (χ0v) is 18.7. The summed E-state index contributed by atoms with van der Waals surface area (Å²) >= 11 is 1.35. The van der Waals surface area contributed by atoms with Crippen LogP contribution in [-0.2, 0) is 10.0 Å². The molecule has 0 fully saturated rings. The van der Waals surface area contributed by atoms with Crippen molar-refractivity contribution in [3.05, 3.63) is 65.2 Å². The van der Waals surface area contributed by atoms with Gasteiger partial charge in [-0.15, -0.1) is 11.3 Å². The Kier molecular flexibility index (Phi) is 5.42. The monoisotopic (exact) mass is 456 g/mol. The molecule has 0 radical (unpaired) electrons. The van der Waals surface area contributed by atoms with Gasteiger partial charge in [0.1, 0.15) is 10.6 Å². The van der Waals surface area contributed by atoms with E-state index in [1.54, 1.807) is 12.1 Å². The molecule has 0 bridgehead atoms. The maximum atomic E-state index is 12.9. The van der Waals surface area contributed by atoms with Crippen molar-refractivity contribution in [1.82, 2.24) is 9.78 Å². The summed E-state index contributed by atoms with van der Waals surface area (Å²) in [6.45, 7) is 1.91. The fraction of sp³-hybridized carbons (Fsp3) is 0.143. The van der Waals surface area contributed by atoms with Crippen LogP contribution in [-0.4, -0.2) is 37.5 Å². The number of benzene rings is 2. The summed E-state index contributed by atoms with van der Waals surface area (Å²) in [6, 6.07) is 16.3. The van der Waals surface area contributed by atoms with Gasteiger partial charge in [-0.05, 0) is 37.3 Å². The predicted octanol–water partition coefficient (Wildman–Crippen LogP) is 4.03. The van der Waals surface area contributed by atoms with Gasteiger partial charge in [0.25, 0.3) is 5.91 Å². The van der Waals surface area contributed by atoms with E-state index in [9.17, 15) is 13.2 Å². The van der Waals surface area contributed by atoms with Crippen LogP contribution in [0, 0.1) is 6.92 Å². The summed E-state index contributed by atoms with van der Waals surface area (Å²) in [7, 11) is -2.02. The van der Waals surface area contributed by atoms with Crippen molar-refractivity contribution in [2.24, 2.45) is 0 Å². The molecule has 0 aliphatic heterocycles. The number of nitrogens with one attached hydrogen (secondary N) is 2. The highest BCUT2D eigenvalue weighted by Crippen LogP contribution is 2.32. The number of carbonyl (C=O) groups is 1. The smallest absolute Gasteiger partial charge is 0.265 e. The zero-order chi connectivity index (χ0) is 22.2. The van der Waals surface area contributed by atoms with Gasteiger partial charge in [-0.2, -0.15) is 5.10 Å². The van der Waals surface area contributed by atoms with Gasteiger partial charge in [-0.1, -0.05) is 18.2 Å². The van der Waals surface area contributed by atoms with Crippen molar-refractivity contribution in [3.8, 4) is 11.4 Å². The number of fused-ring (bicyclic) bond motifs is 1. The average molecular weight is 457 g/mol. The number of rotatable bonds is 6. The van der Waals surface area contributed by atoms with Crippen molar-refractivity contribution < 1.29 is 17.9 Å². The Bertz CT molecular complexity index is 1380. The van der Waals surface area contributed by atoms with Crippen LogP contribution in [0.1, 0.15) is 15.4 Å². The maximum Gasteiger partial charge on any atom is 0.265 e. The van der Waals surface area contributed by atoms with E-state index in [1.807, 2.05) is 48.0 Å². The summed E-state index contributed by atoms with van der Waals surface area (Å²) in [5.74, 6) is 0.0289. The molecular formula is C21H20N4O4S2. The van der Waals surface area contributed by atoms with E-state index in [4.69, 9.17) is 4.74 Å². The van der Waals surface area contributed by atoms with E-state index >= 15 is 0 Å². The molecule has 0 unspecified atom stereocenters. The van der Waals surface area contributed by atoms with E-state index < -0.39 is 10.0 Å². The lowest BCUT2D eigenvalue weighted by molar-refractivity contribution is 0.103. The van der Waals surface area contributed by atoms with Crippen molar-refractivity contribution in [2.75, 3.05) is 23.4 Å². The first kappa shape index (κ1) is 20.9. The molecule has 0 saturated carbocycles. The Morgan fingerprint density at radius 1 is 1.13 bits per heavy atom. The third kappa shape index (κ3) is 4.39. The number of hydrogen-bond acceptors (Lipinski definition) is 6. The number of hydrogen-bond donors (Lipinski definition) is 2. The number of sulfonamides is 1. The number of nitrogens with zero attached hydrogens (tertiary/aromatic N) is 2. The Morgan fingerprint density at radius 3 is 2.55 bits per heavy atom. The highest BCUT2D eigenvalue weighted by atomic mass is 32.2. The molecule has 0 atom stereocenters. The van der Waals surface area contributed by atoms with Crippen LogP contribution >= 0.6 is 11.3 Å². The molecular weight excluding hydrogens is 436 g/mol. The predicted molar refractivity (Wildman–Crippen MR) is 123 cm³/mol. The van der Waals surface area contributed by atoms with E-state index in [2.05, 4.69) is 15.1 Å². The molecule has 1 amide bonds. The van der Waals surface area contributed by atoms with E-state index in [-0.39, 0.29) is 5.91 Å². The Balaban J connectivity index is 1.62. The van der Waals surface area contributed by atoms with Crippen LogP contribution in [0.4, 0.5) is 11.4 Å². The molecule has 0 spiro atoms. The molecule has 0 saturated heterocycles. The van der Waals surface area contributed by atoms with Gasteiger partial charge in [-0.3, -0.25) is 9.52 Å². The molecule has 4 rings (SSSR count). The van der Waals surface area contributed by atoms with Crippen molar-refractivity contribution >= 4 is 48.9 Å². The fourth-order valence-electron chi connectivity index (χ4n) is 3.15. The highest BCUT2D eigenvalue weighted by Gasteiger charge is 2.18. The first-order chi connectivity index (χ1) is 14.7. The number of methoxy groups -OCH3 is 1. The molecule has 31 heavy (non-hydrogen) atoms. The van der Waals surface area contributed by atoms with E-state index in [0.717, 1.165) is 27.9 Å². The van der Waals surface area contributed by atoms with Gasteiger partial charge in [0, 0.05) is 17.1 Å². The third-order valence-electron chi connectivity index (χ3n) is 4.52. The van der Waals surface area contributed by atoms with E-state index in [0.29, 0.717) is 22.0 Å². The van der Waals surface area contributed by atoms with Crippen molar-refractivity contribution in [3.63, 3.8) is 0 Å². The standard InChI is InChI=1S/C21H20N4O4S2/c1-13-16-12-19(30-21(16)25(23-13)15-7-5-4-6-8-15)20(26)22-14-9-10-17(18(11-14)29-2)24-31(3,27)28/h4-12,24H,1-3H3,(H,22,26). The summed E-state index contributed by atoms with van der Waals surface area (Å²) in [4.78, 5) is 14.3. The van der Waals surface area contributed by atoms with Gasteiger partial charge in [0.15, 0.2) is 0 Å². The maximum absolute atomic E-state index is 12.9. The lowest BCUT2D eigenvalue weighted by atomic mass is 10.2. The van der Waals surface area contributed by atoms with E-state index in [1.165, 1.54) is 24.5 Å². The lowest BCUT2D eigenvalue weighted by Gasteiger charge is -2.12.